The molecule has 1 saturated heterocycles. The van der Waals surface area contributed by atoms with Crippen molar-refractivity contribution in [3.8, 4) is 0 Å². The number of hydrogen-bond donors (Lipinski definition) is 0. The highest BCUT2D eigenvalue weighted by Crippen LogP contribution is 2.22. The Labute approximate surface area is 105 Å². The fourth-order valence-electron chi connectivity index (χ4n) is 2.32. The summed E-state index contributed by atoms with van der Waals surface area (Å²) in [6.07, 6.45) is 10.3. The van der Waals surface area contributed by atoms with Crippen LogP contribution >= 0.6 is 0 Å². The Morgan fingerprint density at radius 1 is 1.24 bits per heavy atom. The fraction of sp³-hybridized carbons (Fsp3) is 0.929. The maximum Gasteiger partial charge on any atom is 0.304 e. The largest absolute Gasteiger partial charge is 0.436 e. The summed E-state index contributed by atoms with van der Waals surface area (Å²) in [6.45, 7) is 3.66. The highest BCUT2D eigenvalue weighted by Gasteiger charge is 2.20. The Bertz CT molecular complexity index is 216. The first-order valence-corrected chi connectivity index (χ1v) is 7.05. The van der Waals surface area contributed by atoms with Crippen LogP contribution in [0, 0.1) is 0 Å². The number of unbranched alkanes of at least 4 members (excludes halogenated alkanes) is 2. The number of rotatable bonds is 5. The molecule has 100 valence electrons. The first-order chi connectivity index (χ1) is 8.22. The zero-order valence-electron chi connectivity index (χ0n) is 11.2. The van der Waals surface area contributed by atoms with Gasteiger partial charge in [-0.05, 0) is 19.3 Å². The standard InChI is InChI=1S/C14H26O3/c1-3-4-6-9-13-10-7-5-8-11-14(17-13)16-12(2)15/h13-14H,3-11H2,1-2H3/t13-,14-/m0/s1. The van der Waals surface area contributed by atoms with Crippen LogP contribution in [-0.4, -0.2) is 18.4 Å². The molecule has 2 atom stereocenters. The summed E-state index contributed by atoms with van der Waals surface area (Å²) in [5, 5.41) is 0. The van der Waals surface area contributed by atoms with Crippen molar-refractivity contribution < 1.29 is 14.3 Å². The van der Waals surface area contributed by atoms with E-state index < -0.39 is 0 Å². The monoisotopic (exact) mass is 242 g/mol. The van der Waals surface area contributed by atoms with E-state index in [4.69, 9.17) is 9.47 Å². The van der Waals surface area contributed by atoms with Gasteiger partial charge in [0.15, 0.2) is 0 Å². The van der Waals surface area contributed by atoms with Crippen LogP contribution in [0.15, 0.2) is 0 Å². The molecule has 0 aromatic carbocycles. The van der Waals surface area contributed by atoms with Gasteiger partial charge in [-0.3, -0.25) is 4.79 Å². The predicted octanol–water partition coefficient (Wildman–Crippen LogP) is 3.81. The lowest BCUT2D eigenvalue weighted by Crippen LogP contribution is -2.28. The molecule has 3 heteroatoms. The molecule has 1 fully saturated rings. The molecule has 1 aliphatic heterocycles. The molecule has 0 saturated carbocycles. The van der Waals surface area contributed by atoms with Crippen molar-refractivity contribution in [1.82, 2.24) is 0 Å². The maximum atomic E-state index is 11.0. The quantitative estimate of drug-likeness (QED) is 0.543. The number of hydrogen-bond acceptors (Lipinski definition) is 3. The van der Waals surface area contributed by atoms with Crippen molar-refractivity contribution >= 4 is 5.97 Å². The fourth-order valence-corrected chi connectivity index (χ4v) is 2.32. The van der Waals surface area contributed by atoms with Crippen LogP contribution in [0.3, 0.4) is 0 Å². The summed E-state index contributed by atoms with van der Waals surface area (Å²) in [4.78, 5) is 11.0. The normalized spacial score (nSPS) is 26.0. The minimum absolute atomic E-state index is 0.233. The number of carbonyl (C=O) groups excluding carboxylic acids is 1. The van der Waals surface area contributed by atoms with E-state index in [1.807, 2.05) is 0 Å². The summed E-state index contributed by atoms with van der Waals surface area (Å²) in [7, 11) is 0. The summed E-state index contributed by atoms with van der Waals surface area (Å²) < 4.78 is 11.1. The summed E-state index contributed by atoms with van der Waals surface area (Å²) in [6, 6.07) is 0. The molecule has 0 bridgehead atoms. The first-order valence-electron chi connectivity index (χ1n) is 7.05. The van der Waals surface area contributed by atoms with Crippen molar-refractivity contribution in [2.45, 2.75) is 84.0 Å². The molecule has 3 nitrogen and oxygen atoms in total. The second-order valence-corrected chi connectivity index (χ2v) is 4.93. The Morgan fingerprint density at radius 3 is 2.71 bits per heavy atom. The molecule has 0 aromatic heterocycles. The Morgan fingerprint density at radius 2 is 2.00 bits per heavy atom. The molecular formula is C14H26O3. The molecule has 1 rings (SSSR count). The van der Waals surface area contributed by atoms with E-state index in [1.54, 1.807) is 0 Å². The molecule has 0 amide bonds. The zero-order chi connectivity index (χ0) is 12.5. The van der Waals surface area contributed by atoms with Crippen LogP contribution in [0.4, 0.5) is 0 Å². The molecule has 17 heavy (non-hydrogen) atoms. The van der Waals surface area contributed by atoms with Gasteiger partial charge >= 0.3 is 5.97 Å². The van der Waals surface area contributed by atoms with Gasteiger partial charge in [-0.1, -0.05) is 39.0 Å². The Kier molecular flexibility index (Phi) is 7.25. The van der Waals surface area contributed by atoms with E-state index in [9.17, 15) is 4.79 Å². The lowest BCUT2D eigenvalue weighted by atomic mass is 10.0. The van der Waals surface area contributed by atoms with Gasteiger partial charge in [0.05, 0.1) is 6.10 Å². The van der Waals surface area contributed by atoms with Crippen LogP contribution < -0.4 is 0 Å². The summed E-state index contributed by atoms with van der Waals surface area (Å²) >= 11 is 0. The number of carbonyl (C=O) groups is 1. The Hall–Kier alpha value is -0.570. The van der Waals surface area contributed by atoms with Gasteiger partial charge in [0, 0.05) is 13.3 Å². The molecule has 1 heterocycles. The van der Waals surface area contributed by atoms with Crippen LogP contribution in [-0.2, 0) is 14.3 Å². The third-order valence-electron chi connectivity index (χ3n) is 3.24. The van der Waals surface area contributed by atoms with Crippen molar-refractivity contribution in [3.05, 3.63) is 0 Å². The zero-order valence-corrected chi connectivity index (χ0v) is 11.2. The van der Waals surface area contributed by atoms with Gasteiger partial charge in [-0.25, -0.2) is 0 Å². The molecule has 0 radical (unpaired) electrons. The molecule has 1 aliphatic rings. The van der Waals surface area contributed by atoms with Crippen molar-refractivity contribution in [2.24, 2.45) is 0 Å². The van der Waals surface area contributed by atoms with Crippen molar-refractivity contribution in [3.63, 3.8) is 0 Å². The van der Waals surface area contributed by atoms with Crippen LogP contribution in [0.1, 0.15) is 71.6 Å². The van der Waals surface area contributed by atoms with Gasteiger partial charge in [0.1, 0.15) is 0 Å². The van der Waals surface area contributed by atoms with E-state index in [0.717, 1.165) is 25.7 Å². The number of ether oxygens (including phenoxy) is 2. The van der Waals surface area contributed by atoms with Gasteiger partial charge in [0.2, 0.25) is 6.29 Å². The van der Waals surface area contributed by atoms with Gasteiger partial charge in [-0.15, -0.1) is 0 Å². The molecule has 0 unspecified atom stereocenters. The summed E-state index contributed by atoms with van der Waals surface area (Å²) in [5.41, 5.74) is 0. The van der Waals surface area contributed by atoms with Crippen LogP contribution in [0.25, 0.3) is 0 Å². The molecule has 0 aliphatic carbocycles. The van der Waals surface area contributed by atoms with E-state index >= 15 is 0 Å². The molecule has 0 aromatic rings. The minimum Gasteiger partial charge on any atom is -0.436 e. The smallest absolute Gasteiger partial charge is 0.304 e. The second-order valence-electron chi connectivity index (χ2n) is 4.93. The van der Waals surface area contributed by atoms with E-state index in [2.05, 4.69) is 6.92 Å². The van der Waals surface area contributed by atoms with E-state index in [1.165, 1.54) is 39.0 Å². The van der Waals surface area contributed by atoms with E-state index in [-0.39, 0.29) is 18.4 Å². The predicted molar refractivity (Wildman–Crippen MR) is 67.7 cm³/mol. The molecule has 0 spiro atoms. The van der Waals surface area contributed by atoms with Crippen molar-refractivity contribution in [2.75, 3.05) is 0 Å². The third kappa shape index (κ3) is 6.67. The van der Waals surface area contributed by atoms with Gasteiger partial charge < -0.3 is 9.47 Å². The van der Waals surface area contributed by atoms with Gasteiger partial charge in [0.25, 0.3) is 0 Å². The van der Waals surface area contributed by atoms with Crippen molar-refractivity contribution in [1.29, 1.82) is 0 Å². The van der Waals surface area contributed by atoms with Crippen LogP contribution in [0.2, 0.25) is 0 Å². The third-order valence-corrected chi connectivity index (χ3v) is 3.24. The first kappa shape index (κ1) is 14.5. The molecular weight excluding hydrogens is 216 g/mol. The maximum absolute atomic E-state index is 11.0. The average molecular weight is 242 g/mol. The lowest BCUT2D eigenvalue weighted by molar-refractivity contribution is -0.193. The summed E-state index contributed by atoms with van der Waals surface area (Å²) in [5.74, 6) is -0.233. The second kappa shape index (κ2) is 8.51. The minimum atomic E-state index is -0.306. The topological polar surface area (TPSA) is 35.5 Å². The Balaban J connectivity index is 2.35. The highest BCUT2D eigenvalue weighted by molar-refractivity contribution is 5.66. The lowest BCUT2D eigenvalue weighted by Gasteiger charge is -2.27. The molecule has 0 N–H and O–H groups in total. The van der Waals surface area contributed by atoms with Crippen LogP contribution in [0.5, 0.6) is 0 Å². The van der Waals surface area contributed by atoms with Gasteiger partial charge in [-0.2, -0.15) is 0 Å². The average Bonchev–Trinajstić information content (AvgIpc) is 2.23. The highest BCUT2D eigenvalue weighted by atomic mass is 16.7. The number of esters is 1. The SMILES string of the molecule is CCCCC[C@H]1CCCCC[C@@H](OC(C)=O)O1. The van der Waals surface area contributed by atoms with E-state index in [0.29, 0.717) is 0 Å².